The molecule has 1 saturated carbocycles. The Labute approximate surface area is 201 Å². The number of methoxy groups -OCH3 is 1. The summed E-state index contributed by atoms with van der Waals surface area (Å²) in [5.74, 6) is 2.07. The highest BCUT2D eigenvalue weighted by atomic mass is 35.5. The van der Waals surface area contributed by atoms with Gasteiger partial charge < -0.3 is 18.8 Å². The van der Waals surface area contributed by atoms with E-state index >= 15 is 0 Å². The molecule has 33 heavy (non-hydrogen) atoms. The maximum atomic E-state index is 6.31. The van der Waals surface area contributed by atoms with Gasteiger partial charge in [0, 0.05) is 17.5 Å². The number of hydrogen-bond acceptors (Lipinski definition) is 7. The molecular weight excluding hydrogens is 465 g/mol. The number of nitrogens with zero attached hydrogens (tertiary/aromatic N) is 3. The molecule has 1 fully saturated rings. The van der Waals surface area contributed by atoms with E-state index in [4.69, 9.17) is 42.0 Å². The maximum Gasteiger partial charge on any atom is 0.274 e. The minimum Gasteiger partial charge on any atom is -0.493 e. The predicted octanol–water partition coefficient (Wildman–Crippen LogP) is 6.41. The topological polar surface area (TPSA) is 79.0 Å². The van der Waals surface area contributed by atoms with Crippen molar-refractivity contribution in [1.29, 1.82) is 0 Å². The number of aromatic nitrogens is 2. The van der Waals surface area contributed by atoms with Gasteiger partial charge in [-0.3, -0.25) is 0 Å². The lowest BCUT2D eigenvalue weighted by atomic mass is 9.95. The number of oxime groups is 1. The van der Waals surface area contributed by atoms with Crippen LogP contribution in [0.1, 0.15) is 50.5 Å². The molecule has 7 nitrogen and oxygen atoms in total. The summed E-state index contributed by atoms with van der Waals surface area (Å²) in [6.45, 7) is 1.86. The van der Waals surface area contributed by atoms with Crippen LogP contribution in [0.25, 0.3) is 11.4 Å². The molecule has 172 valence electrons. The molecule has 1 unspecified atom stereocenters. The Hall–Kier alpha value is -2.77. The van der Waals surface area contributed by atoms with E-state index in [0.29, 0.717) is 45.2 Å². The van der Waals surface area contributed by atoms with Crippen molar-refractivity contribution in [1.82, 2.24) is 10.1 Å². The molecule has 1 aromatic heterocycles. The summed E-state index contributed by atoms with van der Waals surface area (Å²) < 4.78 is 17.2. The zero-order valence-corrected chi connectivity index (χ0v) is 19.8. The van der Waals surface area contributed by atoms with Crippen LogP contribution < -0.4 is 9.47 Å². The number of rotatable bonds is 6. The molecule has 1 aliphatic heterocycles. The smallest absolute Gasteiger partial charge is 0.274 e. The second kappa shape index (κ2) is 8.88. The fourth-order valence-electron chi connectivity index (χ4n) is 4.17. The number of ether oxygens (including phenoxy) is 2. The summed E-state index contributed by atoms with van der Waals surface area (Å²) in [4.78, 5) is 10.3. The Bertz CT molecular complexity index is 1210. The van der Waals surface area contributed by atoms with Gasteiger partial charge in [0.15, 0.2) is 11.5 Å². The van der Waals surface area contributed by atoms with Crippen LogP contribution in [0, 0.1) is 0 Å². The quantitative estimate of drug-likeness (QED) is 0.399. The van der Waals surface area contributed by atoms with Gasteiger partial charge in [-0.1, -0.05) is 39.6 Å². The highest BCUT2D eigenvalue weighted by Gasteiger charge is 2.42. The van der Waals surface area contributed by atoms with Gasteiger partial charge in [0.1, 0.15) is 0 Å². The summed E-state index contributed by atoms with van der Waals surface area (Å²) >= 11 is 12.4. The van der Waals surface area contributed by atoms with Crippen LogP contribution in [0.15, 0.2) is 46.1 Å². The molecule has 5 rings (SSSR count). The molecule has 2 heterocycles. The Kier molecular flexibility index (Phi) is 5.93. The first kappa shape index (κ1) is 22.0. The number of benzene rings is 2. The average molecular weight is 488 g/mol. The molecular formula is C24H23Cl2N3O4. The summed E-state index contributed by atoms with van der Waals surface area (Å²) in [5, 5.41) is 9.19. The van der Waals surface area contributed by atoms with Crippen molar-refractivity contribution >= 4 is 28.9 Å². The normalized spacial score (nSPS) is 20.5. The van der Waals surface area contributed by atoms with Gasteiger partial charge in [-0.25, -0.2) is 0 Å². The molecule has 0 saturated heterocycles. The van der Waals surface area contributed by atoms with Crippen LogP contribution in [0.3, 0.4) is 0 Å². The summed E-state index contributed by atoms with van der Waals surface area (Å²) in [6.07, 6.45) is 5.18. The third-order valence-corrected chi connectivity index (χ3v) is 6.84. The van der Waals surface area contributed by atoms with Crippen molar-refractivity contribution < 1.29 is 18.8 Å². The van der Waals surface area contributed by atoms with Crippen molar-refractivity contribution in [2.24, 2.45) is 5.16 Å². The van der Waals surface area contributed by atoms with Gasteiger partial charge in [0.2, 0.25) is 11.4 Å². The molecule has 9 heteroatoms. The maximum absolute atomic E-state index is 6.31. The first-order valence-electron chi connectivity index (χ1n) is 10.9. The summed E-state index contributed by atoms with van der Waals surface area (Å²) in [5.41, 5.74) is 1.34. The minimum absolute atomic E-state index is 0.219. The predicted molar refractivity (Wildman–Crippen MR) is 125 cm³/mol. The highest BCUT2D eigenvalue weighted by Crippen LogP contribution is 2.39. The molecule has 0 bridgehead atoms. The lowest BCUT2D eigenvalue weighted by molar-refractivity contribution is -0.0313. The SMILES string of the molecule is COc1ccc(C2=NOC(C)(c3nc(-c4cccc(Cl)c4Cl)no3)C2)cc1OC1CCCC1. The zero-order valence-electron chi connectivity index (χ0n) is 18.3. The standard InChI is InChI=1S/C24H23Cl2N3O4/c1-24(23-27-22(29-32-23)16-8-5-9-17(25)21(16)26)13-18(28-33-24)14-10-11-19(30-2)20(12-14)31-15-6-3-4-7-15/h5,8-12,15H,3-4,6-7,13H2,1-2H3. The minimum atomic E-state index is -0.905. The van der Waals surface area contributed by atoms with Gasteiger partial charge in [0.05, 0.1) is 29.0 Å². The second-order valence-electron chi connectivity index (χ2n) is 8.45. The largest absolute Gasteiger partial charge is 0.493 e. The Morgan fingerprint density at radius 3 is 2.70 bits per heavy atom. The monoisotopic (exact) mass is 487 g/mol. The lowest BCUT2D eigenvalue weighted by Crippen LogP contribution is -2.22. The Balaban J connectivity index is 1.37. The highest BCUT2D eigenvalue weighted by molar-refractivity contribution is 6.43. The number of halogens is 2. The molecule has 0 spiro atoms. The third kappa shape index (κ3) is 4.27. The van der Waals surface area contributed by atoms with Gasteiger partial charge in [-0.2, -0.15) is 4.98 Å². The van der Waals surface area contributed by atoms with Gasteiger partial charge >= 0.3 is 0 Å². The van der Waals surface area contributed by atoms with Crippen LogP contribution in [0.5, 0.6) is 11.5 Å². The first-order valence-corrected chi connectivity index (χ1v) is 11.6. The van der Waals surface area contributed by atoms with Crippen LogP contribution in [0.4, 0.5) is 0 Å². The van der Waals surface area contributed by atoms with E-state index in [0.717, 1.165) is 24.1 Å². The second-order valence-corrected chi connectivity index (χ2v) is 9.24. The van der Waals surface area contributed by atoms with Crippen molar-refractivity contribution in [3.05, 3.63) is 57.9 Å². The Morgan fingerprint density at radius 2 is 1.91 bits per heavy atom. The Morgan fingerprint density at radius 1 is 1.09 bits per heavy atom. The number of hydrogen-bond donors (Lipinski definition) is 0. The zero-order chi connectivity index (χ0) is 23.0. The van der Waals surface area contributed by atoms with Crippen LogP contribution >= 0.6 is 23.2 Å². The van der Waals surface area contributed by atoms with Gasteiger partial charge in [-0.05, 0) is 62.9 Å². The van der Waals surface area contributed by atoms with Crippen molar-refractivity contribution in [3.63, 3.8) is 0 Å². The molecule has 2 aliphatic rings. The molecule has 0 amide bonds. The van der Waals surface area contributed by atoms with E-state index in [1.807, 2.05) is 25.1 Å². The van der Waals surface area contributed by atoms with Crippen molar-refractivity contribution in [2.75, 3.05) is 7.11 Å². The van der Waals surface area contributed by atoms with Crippen LogP contribution in [-0.2, 0) is 10.4 Å². The van der Waals surface area contributed by atoms with Crippen LogP contribution in [-0.4, -0.2) is 29.1 Å². The molecule has 2 aromatic carbocycles. The van der Waals surface area contributed by atoms with E-state index in [1.165, 1.54) is 12.8 Å². The van der Waals surface area contributed by atoms with Crippen molar-refractivity contribution in [3.8, 4) is 22.9 Å². The third-order valence-electron chi connectivity index (χ3n) is 6.03. The van der Waals surface area contributed by atoms with E-state index in [1.54, 1.807) is 25.3 Å². The van der Waals surface area contributed by atoms with Crippen molar-refractivity contribution in [2.45, 2.75) is 50.7 Å². The summed E-state index contributed by atoms with van der Waals surface area (Å²) in [7, 11) is 1.64. The molecule has 1 aliphatic carbocycles. The van der Waals surface area contributed by atoms with Gasteiger partial charge in [0.25, 0.3) is 5.89 Å². The van der Waals surface area contributed by atoms with E-state index in [2.05, 4.69) is 15.3 Å². The molecule has 0 radical (unpaired) electrons. The fourth-order valence-corrected chi connectivity index (χ4v) is 4.55. The fraction of sp³-hybridized carbons (Fsp3) is 0.375. The molecule has 3 aromatic rings. The first-order chi connectivity index (χ1) is 16.0. The molecule has 0 N–H and O–H groups in total. The average Bonchev–Trinajstić information content (AvgIpc) is 3.57. The van der Waals surface area contributed by atoms with Crippen LogP contribution in [0.2, 0.25) is 10.0 Å². The van der Waals surface area contributed by atoms with Gasteiger partial charge in [-0.15, -0.1) is 0 Å². The molecule has 1 atom stereocenters. The summed E-state index contributed by atoms with van der Waals surface area (Å²) in [6, 6.07) is 11.1. The van der Waals surface area contributed by atoms with E-state index < -0.39 is 5.60 Å². The van der Waals surface area contributed by atoms with E-state index in [-0.39, 0.29) is 6.10 Å². The lowest BCUT2D eigenvalue weighted by Gasteiger charge is -2.17. The van der Waals surface area contributed by atoms with E-state index in [9.17, 15) is 0 Å².